The quantitative estimate of drug-likeness (QED) is 0.382. The van der Waals surface area contributed by atoms with E-state index < -0.39 is 0 Å². The molecule has 0 aliphatic carbocycles. The van der Waals surface area contributed by atoms with Gasteiger partial charge in [0.1, 0.15) is 0 Å². The first-order valence-electron chi connectivity index (χ1n) is 3.76. The molecule has 0 aliphatic heterocycles. The molecule has 0 fully saturated rings. The number of pyridine rings is 1. The van der Waals surface area contributed by atoms with E-state index in [2.05, 4.69) is 15.0 Å². The first-order valence-corrected chi connectivity index (χ1v) is 3.76. The van der Waals surface area contributed by atoms with Crippen molar-refractivity contribution in [1.29, 1.82) is 0 Å². The van der Waals surface area contributed by atoms with Crippen LogP contribution in [-0.4, -0.2) is 11.5 Å². The number of rotatable bonds is 3. The second-order valence-corrected chi connectivity index (χ2v) is 2.47. The van der Waals surface area contributed by atoms with Gasteiger partial charge in [-0.1, -0.05) is 11.2 Å². The van der Waals surface area contributed by atoms with Gasteiger partial charge in [0.05, 0.1) is 0 Å². The molecule has 0 saturated heterocycles. The molecule has 0 atom stereocenters. The average molecular weight is 162 g/mol. The van der Waals surface area contributed by atoms with Crippen LogP contribution in [0.4, 0.5) is 0 Å². The van der Waals surface area contributed by atoms with Crippen molar-refractivity contribution in [2.75, 3.05) is 6.54 Å². The topological polar surface area (TPSA) is 61.7 Å². The highest BCUT2D eigenvalue weighted by Crippen LogP contribution is 2.03. The molecule has 0 unspecified atom stereocenters. The third kappa shape index (κ3) is 2.25. The van der Waals surface area contributed by atoms with Crippen LogP contribution in [0.3, 0.4) is 0 Å². The van der Waals surface area contributed by atoms with E-state index in [0.29, 0.717) is 6.54 Å². The Labute approximate surface area is 70.9 Å². The molecule has 1 aromatic heterocycles. The van der Waals surface area contributed by atoms with Crippen molar-refractivity contribution in [3.63, 3.8) is 0 Å². The normalized spacial score (nSPS) is 9.08. The predicted molar refractivity (Wildman–Crippen MR) is 46.7 cm³/mol. The molecule has 12 heavy (non-hydrogen) atoms. The van der Waals surface area contributed by atoms with E-state index in [0.717, 1.165) is 17.7 Å². The van der Waals surface area contributed by atoms with Crippen molar-refractivity contribution < 1.29 is 0 Å². The van der Waals surface area contributed by atoms with Gasteiger partial charge in [0.2, 0.25) is 0 Å². The lowest BCUT2D eigenvalue weighted by molar-refractivity contribution is 0.902. The van der Waals surface area contributed by atoms with Crippen molar-refractivity contribution in [3.05, 3.63) is 40.0 Å². The molecule has 0 bridgehead atoms. The fraction of sp³-hybridized carbons (Fsp3) is 0.375. The first-order chi connectivity index (χ1) is 5.84. The second kappa shape index (κ2) is 4.36. The Morgan fingerprint density at radius 3 is 3.17 bits per heavy atom. The van der Waals surface area contributed by atoms with Gasteiger partial charge in [-0.3, -0.25) is 4.98 Å². The van der Waals surface area contributed by atoms with Gasteiger partial charge in [-0.25, -0.2) is 0 Å². The zero-order chi connectivity index (χ0) is 8.81. The van der Waals surface area contributed by atoms with Crippen molar-refractivity contribution in [2.24, 2.45) is 5.11 Å². The van der Waals surface area contributed by atoms with Gasteiger partial charge in [0.15, 0.2) is 0 Å². The van der Waals surface area contributed by atoms with Crippen LogP contribution in [-0.2, 0) is 6.42 Å². The van der Waals surface area contributed by atoms with Crippen LogP contribution in [0.2, 0.25) is 0 Å². The van der Waals surface area contributed by atoms with Gasteiger partial charge >= 0.3 is 0 Å². The number of aromatic nitrogens is 1. The van der Waals surface area contributed by atoms with Gasteiger partial charge < -0.3 is 0 Å². The summed E-state index contributed by atoms with van der Waals surface area (Å²) >= 11 is 0. The highest BCUT2D eigenvalue weighted by molar-refractivity contribution is 5.17. The molecule has 1 aromatic rings. The Kier molecular flexibility index (Phi) is 3.11. The SMILES string of the molecule is Cc1cccnc1CCN=[N+]=[N-]. The Balaban J connectivity index is 2.62. The number of nitrogens with zero attached hydrogens (tertiary/aromatic N) is 4. The molecule has 0 spiro atoms. The van der Waals surface area contributed by atoms with E-state index >= 15 is 0 Å². The molecular formula is C8H10N4. The molecule has 62 valence electrons. The molecular weight excluding hydrogens is 152 g/mol. The maximum atomic E-state index is 8.05. The van der Waals surface area contributed by atoms with Gasteiger partial charge in [-0.2, -0.15) is 0 Å². The van der Waals surface area contributed by atoms with Crippen LogP contribution in [0.1, 0.15) is 11.3 Å². The van der Waals surface area contributed by atoms with E-state index in [-0.39, 0.29) is 0 Å². The largest absolute Gasteiger partial charge is 0.261 e. The molecule has 4 nitrogen and oxygen atoms in total. The Morgan fingerprint density at radius 2 is 2.50 bits per heavy atom. The molecule has 0 N–H and O–H groups in total. The maximum absolute atomic E-state index is 8.05. The van der Waals surface area contributed by atoms with Crippen molar-refractivity contribution in [3.8, 4) is 0 Å². The summed E-state index contributed by atoms with van der Waals surface area (Å²) in [5, 5.41) is 3.45. The summed E-state index contributed by atoms with van der Waals surface area (Å²) in [4.78, 5) is 6.84. The van der Waals surface area contributed by atoms with Crippen LogP contribution >= 0.6 is 0 Å². The number of hydrogen-bond acceptors (Lipinski definition) is 2. The zero-order valence-corrected chi connectivity index (χ0v) is 6.94. The Bertz CT molecular complexity index is 302. The molecule has 1 rings (SSSR count). The molecule has 1 heterocycles. The summed E-state index contributed by atoms with van der Waals surface area (Å²) in [5.74, 6) is 0. The highest BCUT2D eigenvalue weighted by atomic mass is 15.1. The first kappa shape index (κ1) is 8.56. The molecule has 0 aromatic carbocycles. The van der Waals surface area contributed by atoms with Crippen molar-refractivity contribution in [2.45, 2.75) is 13.3 Å². The van der Waals surface area contributed by atoms with Crippen molar-refractivity contribution >= 4 is 0 Å². The van der Waals surface area contributed by atoms with E-state index in [1.165, 1.54) is 0 Å². The number of hydrogen-bond donors (Lipinski definition) is 0. The van der Waals surface area contributed by atoms with Crippen LogP contribution in [0.15, 0.2) is 23.4 Å². The summed E-state index contributed by atoms with van der Waals surface area (Å²) < 4.78 is 0. The van der Waals surface area contributed by atoms with Gasteiger partial charge in [0.25, 0.3) is 0 Å². The average Bonchev–Trinajstić information content (AvgIpc) is 2.09. The third-order valence-electron chi connectivity index (χ3n) is 1.63. The van der Waals surface area contributed by atoms with Crippen molar-refractivity contribution in [1.82, 2.24) is 4.98 Å². The minimum atomic E-state index is 0.481. The van der Waals surface area contributed by atoms with Gasteiger partial charge in [-0.15, -0.1) is 0 Å². The lowest BCUT2D eigenvalue weighted by Crippen LogP contribution is -1.95. The van der Waals surface area contributed by atoms with Crippen LogP contribution in [0.25, 0.3) is 10.4 Å². The van der Waals surface area contributed by atoms with E-state index in [1.54, 1.807) is 6.20 Å². The Hall–Kier alpha value is -1.54. The summed E-state index contributed by atoms with van der Waals surface area (Å²) in [6.07, 6.45) is 2.47. The summed E-state index contributed by atoms with van der Waals surface area (Å²) in [7, 11) is 0. The smallest absolute Gasteiger partial charge is 0.0434 e. The van der Waals surface area contributed by atoms with Gasteiger partial charge in [0, 0.05) is 23.3 Å². The predicted octanol–water partition coefficient (Wildman–Crippen LogP) is 2.24. The van der Waals surface area contributed by atoms with Crippen LogP contribution in [0, 0.1) is 6.92 Å². The van der Waals surface area contributed by atoms with Crippen LogP contribution < -0.4 is 0 Å². The molecule has 0 saturated carbocycles. The summed E-state index contributed by atoms with van der Waals surface area (Å²) in [6, 6.07) is 3.89. The lowest BCUT2D eigenvalue weighted by atomic mass is 10.2. The maximum Gasteiger partial charge on any atom is 0.0434 e. The number of aryl methyl sites for hydroxylation is 1. The number of azide groups is 1. The minimum absolute atomic E-state index is 0.481. The highest BCUT2D eigenvalue weighted by Gasteiger charge is 1.95. The zero-order valence-electron chi connectivity index (χ0n) is 6.94. The lowest BCUT2D eigenvalue weighted by Gasteiger charge is -1.99. The Morgan fingerprint density at radius 1 is 1.67 bits per heavy atom. The van der Waals surface area contributed by atoms with E-state index in [9.17, 15) is 0 Å². The molecule has 4 heteroatoms. The van der Waals surface area contributed by atoms with E-state index in [1.807, 2.05) is 19.1 Å². The fourth-order valence-corrected chi connectivity index (χ4v) is 0.981. The molecule has 0 amide bonds. The monoisotopic (exact) mass is 162 g/mol. The molecule has 0 radical (unpaired) electrons. The van der Waals surface area contributed by atoms with Crippen LogP contribution in [0.5, 0.6) is 0 Å². The molecule has 0 aliphatic rings. The van der Waals surface area contributed by atoms with Gasteiger partial charge in [-0.05, 0) is 30.5 Å². The third-order valence-corrected chi connectivity index (χ3v) is 1.63. The standard InChI is InChI=1S/C8H10N4/c1-7-3-2-5-10-8(7)4-6-11-12-9/h2-3,5H,4,6H2,1H3. The second-order valence-electron chi connectivity index (χ2n) is 2.47. The van der Waals surface area contributed by atoms with E-state index in [4.69, 9.17) is 5.53 Å². The summed E-state index contributed by atoms with van der Waals surface area (Å²) in [6.45, 7) is 2.48. The summed E-state index contributed by atoms with van der Waals surface area (Å²) in [5.41, 5.74) is 10.2. The minimum Gasteiger partial charge on any atom is -0.261 e. The fourth-order valence-electron chi connectivity index (χ4n) is 0.981.